The minimum atomic E-state index is 0. The van der Waals surface area contributed by atoms with Crippen molar-refractivity contribution in [3.63, 3.8) is 0 Å². The third-order valence-electron chi connectivity index (χ3n) is 3.27. The van der Waals surface area contributed by atoms with Crippen LogP contribution in [0.1, 0.15) is 25.8 Å². The van der Waals surface area contributed by atoms with Gasteiger partial charge in [-0.05, 0) is 38.0 Å². The number of methoxy groups -OCH3 is 1. The average molecular weight is 475 g/mol. The highest BCUT2D eigenvalue weighted by Gasteiger charge is 2.06. The predicted molar refractivity (Wildman–Crippen MR) is 117 cm³/mol. The van der Waals surface area contributed by atoms with Gasteiger partial charge >= 0.3 is 0 Å². The maximum atomic E-state index is 5.52. The summed E-state index contributed by atoms with van der Waals surface area (Å²) in [6.07, 6.45) is 6.19. The van der Waals surface area contributed by atoms with Gasteiger partial charge in [0.05, 0.1) is 13.7 Å². The number of benzene rings is 1. The van der Waals surface area contributed by atoms with E-state index in [2.05, 4.69) is 21.5 Å². The second-order valence-electron chi connectivity index (χ2n) is 5.15. The molecule has 2 N–H and O–H groups in total. The molecule has 0 radical (unpaired) electrons. The molecule has 7 heteroatoms. The minimum absolute atomic E-state index is 0. The van der Waals surface area contributed by atoms with E-state index in [-0.39, 0.29) is 30.6 Å². The van der Waals surface area contributed by atoms with Crippen molar-refractivity contribution in [3.8, 4) is 23.8 Å². The van der Waals surface area contributed by atoms with E-state index in [4.69, 9.17) is 20.6 Å². The zero-order valence-corrected chi connectivity index (χ0v) is 18.2. The summed E-state index contributed by atoms with van der Waals surface area (Å²) in [5.41, 5.74) is 1.01. The number of terminal acetylenes is 1. The first-order chi connectivity index (χ1) is 12.2. The Balaban J connectivity index is 0.00000625. The molecule has 6 nitrogen and oxygen atoms in total. The molecule has 0 aromatic heterocycles. The highest BCUT2D eigenvalue weighted by atomic mass is 127. The zero-order valence-electron chi connectivity index (χ0n) is 15.8. The summed E-state index contributed by atoms with van der Waals surface area (Å²) in [4.78, 5) is 4.60. The molecule has 1 rings (SSSR count). The van der Waals surface area contributed by atoms with E-state index < -0.39 is 0 Å². The summed E-state index contributed by atoms with van der Waals surface area (Å²) >= 11 is 0. The van der Waals surface area contributed by atoms with Crippen LogP contribution in [0.5, 0.6) is 11.5 Å². The van der Waals surface area contributed by atoms with E-state index in [1.165, 1.54) is 0 Å². The van der Waals surface area contributed by atoms with E-state index in [0.29, 0.717) is 18.0 Å². The highest BCUT2D eigenvalue weighted by Crippen LogP contribution is 2.28. The standard InChI is InChI=1S/C19H29N3O3.HI/c1-5-12-25-18-14-16(9-10-17(18)23-4)15-22-19(20-6-2)21-11-8-13-24-7-3;/h1,9-10,14H,6-8,11-13,15H2,2-4H3,(H2,20,21,22);1H. The van der Waals surface area contributed by atoms with Crippen molar-refractivity contribution in [1.82, 2.24) is 10.6 Å². The van der Waals surface area contributed by atoms with Crippen LogP contribution in [0.15, 0.2) is 23.2 Å². The third-order valence-corrected chi connectivity index (χ3v) is 3.27. The molecule has 0 saturated carbocycles. The van der Waals surface area contributed by atoms with Gasteiger partial charge in [0, 0.05) is 26.3 Å². The minimum Gasteiger partial charge on any atom is -0.493 e. The van der Waals surface area contributed by atoms with Gasteiger partial charge in [0.25, 0.3) is 0 Å². The summed E-state index contributed by atoms with van der Waals surface area (Å²) in [5.74, 6) is 4.52. The molecular formula is C19H30IN3O3. The molecule has 0 spiro atoms. The third kappa shape index (κ3) is 9.73. The van der Waals surface area contributed by atoms with E-state index in [0.717, 1.165) is 44.2 Å². The molecule has 0 saturated heterocycles. The van der Waals surface area contributed by atoms with Crippen molar-refractivity contribution in [1.29, 1.82) is 0 Å². The first-order valence-electron chi connectivity index (χ1n) is 8.58. The van der Waals surface area contributed by atoms with Crippen LogP contribution in [0.4, 0.5) is 0 Å². The lowest BCUT2D eigenvalue weighted by atomic mass is 10.2. The van der Waals surface area contributed by atoms with E-state index >= 15 is 0 Å². The smallest absolute Gasteiger partial charge is 0.191 e. The Kier molecular flexibility index (Phi) is 14.6. The summed E-state index contributed by atoms with van der Waals surface area (Å²) in [6, 6.07) is 5.72. The van der Waals surface area contributed by atoms with Crippen molar-refractivity contribution >= 4 is 29.9 Å². The fraction of sp³-hybridized carbons (Fsp3) is 0.526. The zero-order chi connectivity index (χ0) is 18.3. The Labute approximate surface area is 174 Å². The Morgan fingerprint density at radius 1 is 1.23 bits per heavy atom. The van der Waals surface area contributed by atoms with E-state index in [1.807, 2.05) is 32.0 Å². The van der Waals surface area contributed by atoms with Crippen molar-refractivity contribution in [2.75, 3.05) is 40.0 Å². The predicted octanol–water partition coefficient (Wildman–Crippen LogP) is 2.81. The number of aliphatic imine (C=N–C) groups is 1. The molecule has 1 aromatic rings. The number of nitrogens with zero attached hydrogens (tertiary/aromatic N) is 1. The van der Waals surface area contributed by atoms with Gasteiger partial charge in [-0.1, -0.05) is 12.0 Å². The molecule has 0 fully saturated rings. The van der Waals surface area contributed by atoms with Crippen molar-refractivity contribution in [3.05, 3.63) is 23.8 Å². The maximum Gasteiger partial charge on any atom is 0.191 e. The monoisotopic (exact) mass is 475 g/mol. The molecular weight excluding hydrogens is 445 g/mol. The number of nitrogens with one attached hydrogen (secondary N) is 2. The lowest BCUT2D eigenvalue weighted by Crippen LogP contribution is -2.38. The second kappa shape index (κ2) is 15.6. The van der Waals surface area contributed by atoms with Gasteiger partial charge in [-0.2, -0.15) is 0 Å². The fourth-order valence-electron chi connectivity index (χ4n) is 2.09. The topological polar surface area (TPSA) is 64.1 Å². The molecule has 0 heterocycles. The van der Waals surface area contributed by atoms with Gasteiger partial charge in [0.1, 0.15) is 6.61 Å². The number of halogens is 1. The van der Waals surface area contributed by atoms with E-state index in [1.54, 1.807) is 7.11 Å². The number of ether oxygens (including phenoxy) is 3. The van der Waals surface area contributed by atoms with Crippen molar-refractivity contribution in [2.45, 2.75) is 26.8 Å². The van der Waals surface area contributed by atoms with Gasteiger partial charge in [0.15, 0.2) is 17.5 Å². The number of guanidine groups is 1. The molecule has 146 valence electrons. The van der Waals surface area contributed by atoms with Crippen LogP contribution in [-0.4, -0.2) is 46.0 Å². The Bertz CT molecular complexity index is 574. The summed E-state index contributed by atoms with van der Waals surface area (Å²) < 4.78 is 16.1. The van der Waals surface area contributed by atoms with Gasteiger partial charge < -0.3 is 24.8 Å². The molecule has 0 aliphatic rings. The molecule has 1 aromatic carbocycles. The number of rotatable bonds is 11. The van der Waals surface area contributed by atoms with Gasteiger partial charge in [-0.25, -0.2) is 4.99 Å². The number of hydrogen-bond acceptors (Lipinski definition) is 4. The summed E-state index contributed by atoms with van der Waals surface area (Å²) in [7, 11) is 1.60. The Morgan fingerprint density at radius 2 is 2.04 bits per heavy atom. The SMILES string of the molecule is C#CCOc1cc(CN=C(NCC)NCCCOCC)ccc1OC.I. The highest BCUT2D eigenvalue weighted by molar-refractivity contribution is 14.0. The van der Waals surface area contributed by atoms with Crippen LogP contribution in [0.25, 0.3) is 0 Å². The fourth-order valence-corrected chi connectivity index (χ4v) is 2.09. The molecule has 0 atom stereocenters. The molecule has 0 aliphatic carbocycles. The first-order valence-corrected chi connectivity index (χ1v) is 8.58. The average Bonchev–Trinajstić information content (AvgIpc) is 2.64. The second-order valence-corrected chi connectivity index (χ2v) is 5.15. The van der Waals surface area contributed by atoms with Crippen LogP contribution in [0, 0.1) is 12.3 Å². The van der Waals surface area contributed by atoms with Crippen molar-refractivity contribution < 1.29 is 14.2 Å². The summed E-state index contributed by atoms with van der Waals surface area (Å²) in [6.45, 7) is 7.87. The largest absolute Gasteiger partial charge is 0.493 e. The lowest BCUT2D eigenvalue weighted by molar-refractivity contribution is 0.145. The van der Waals surface area contributed by atoms with Gasteiger partial charge in [0.2, 0.25) is 0 Å². The normalized spacial score (nSPS) is 10.5. The van der Waals surface area contributed by atoms with Crippen LogP contribution in [0.2, 0.25) is 0 Å². The van der Waals surface area contributed by atoms with Crippen LogP contribution in [-0.2, 0) is 11.3 Å². The molecule has 0 amide bonds. The van der Waals surface area contributed by atoms with Gasteiger partial charge in [-0.15, -0.1) is 30.4 Å². The van der Waals surface area contributed by atoms with Crippen molar-refractivity contribution in [2.24, 2.45) is 4.99 Å². The molecule has 0 unspecified atom stereocenters. The lowest BCUT2D eigenvalue weighted by Gasteiger charge is -2.12. The Morgan fingerprint density at radius 3 is 2.69 bits per heavy atom. The Hall–Kier alpha value is -1.66. The van der Waals surface area contributed by atoms with Gasteiger partial charge in [-0.3, -0.25) is 0 Å². The quantitative estimate of drug-likeness (QED) is 0.170. The van der Waals surface area contributed by atoms with Crippen LogP contribution < -0.4 is 20.1 Å². The maximum absolute atomic E-state index is 5.52. The molecule has 26 heavy (non-hydrogen) atoms. The molecule has 0 bridgehead atoms. The molecule has 0 aliphatic heterocycles. The summed E-state index contributed by atoms with van der Waals surface area (Å²) in [5, 5.41) is 6.53. The number of hydrogen-bond donors (Lipinski definition) is 2. The van der Waals surface area contributed by atoms with Crippen LogP contribution >= 0.6 is 24.0 Å². The van der Waals surface area contributed by atoms with E-state index in [9.17, 15) is 0 Å². The first kappa shape index (κ1) is 24.3. The van der Waals surface area contributed by atoms with Crippen LogP contribution in [0.3, 0.4) is 0 Å².